The first kappa shape index (κ1) is 11.9. The third-order valence-corrected chi connectivity index (χ3v) is 2.53. The van der Waals surface area contributed by atoms with Gasteiger partial charge in [-0.15, -0.1) is 0 Å². The van der Waals surface area contributed by atoms with Crippen LogP contribution in [-0.2, 0) is 8.84 Å². The molecule has 1 rings (SSSR count). The summed E-state index contributed by atoms with van der Waals surface area (Å²) in [6, 6.07) is 0. The number of alkyl halides is 1. The van der Waals surface area contributed by atoms with Gasteiger partial charge in [-0.3, -0.25) is 0 Å². The number of aromatic nitrogens is 2. The molecule has 0 spiro atoms. The molecule has 0 amide bonds. The van der Waals surface area contributed by atoms with E-state index in [1.807, 2.05) is 12.4 Å². The highest BCUT2D eigenvalue weighted by Gasteiger charge is 2.21. The standard InChI is InChI=1S/C11H17IN2/c1-10(2,3)8-6-13-9(14-7-8)11(4,5)12/h6-7H,1-5H3. The smallest absolute Gasteiger partial charge is 0.143 e. The van der Waals surface area contributed by atoms with E-state index in [1.54, 1.807) is 0 Å². The Morgan fingerprint density at radius 1 is 1.00 bits per heavy atom. The number of halogens is 1. The van der Waals surface area contributed by atoms with E-state index in [0.29, 0.717) is 0 Å². The molecule has 1 heterocycles. The van der Waals surface area contributed by atoms with Crippen LogP contribution in [0.25, 0.3) is 0 Å². The molecule has 0 unspecified atom stereocenters. The molecule has 3 heteroatoms. The van der Waals surface area contributed by atoms with Crippen LogP contribution in [0.3, 0.4) is 0 Å². The summed E-state index contributed by atoms with van der Waals surface area (Å²) < 4.78 is 0.00811. The van der Waals surface area contributed by atoms with Crippen molar-refractivity contribution in [2.45, 2.75) is 43.5 Å². The average Bonchev–Trinajstić information content (AvgIpc) is 2.01. The molecule has 0 aliphatic heterocycles. The Labute approximate surface area is 99.7 Å². The van der Waals surface area contributed by atoms with Gasteiger partial charge in [0, 0.05) is 12.4 Å². The van der Waals surface area contributed by atoms with Crippen LogP contribution in [-0.4, -0.2) is 9.97 Å². The van der Waals surface area contributed by atoms with Gasteiger partial charge in [-0.2, -0.15) is 0 Å². The fraction of sp³-hybridized carbons (Fsp3) is 0.636. The number of hydrogen-bond acceptors (Lipinski definition) is 2. The van der Waals surface area contributed by atoms with Crippen molar-refractivity contribution in [1.82, 2.24) is 9.97 Å². The minimum Gasteiger partial charge on any atom is -0.240 e. The van der Waals surface area contributed by atoms with Crippen molar-refractivity contribution in [3.05, 3.63) is 23.8 Å². The second-order valence-electron chi connectivity index (χ2n) is 5.02. The molecular weight excluding hydrogens is 287 g/mol. The topological polar surface area (TPSA) is 25.8 Å². The van der Waals surface area contributed by atoms with Crippen LogP contribution in [0, 0.1) is 0 Å². The van der Waals surface area contributed by atoms with E-state index in [4.69, 9.17) is 0 Å². The van der Waals surface area contributed by atoms with Gasteiger partial charge >= 0.3 is 0 Å². The quantitative estimate of drug-likeness (QED) is 0.587. The Hall–Kier alpha value is -0.190. The Balaban J connectivity index is 3.02. The van der Waals surface area contributed by atoms with Crippen LogP contribution in [0.4, 0.5) is 0 Å². The highest BCUT2D eigenvalue weighted by atomic mass is 127. The molecule has 0 atom stereocenters. The van der Waals surface area contributed by atoms with E-state index >= 15 is 0 Å². The maximum atomic E-state index is 4.40. The van der Waals surface area contributed by atoms with Crippen molar-refractivity contribution < 1.29 is 0 Å². The van der Waals surface area contributed by atoms with Crippen molar-refractivity contribution in [3.63, 3.8) is 0 Å². The lowest BCUT2D eigenvalue weighted by Gasteiger charge is -2.20. The van der Waals surface area contributed by atoms with Gasteiger partial charge < -0.3 is 0 Å². The largest absolute Gasteiger partial charge is 0.240 e. The second-order valence-corrected chi connectivity index (χ2v) is 7.71. The lowest BCUT2D eigenvalue weighted by molar-refractivity contribution is 0.579. The Morgan fingerprint density at radius 3 is 1.71 bits per heavy atom. The fourth-order valence-corrected chi connectivity index (χ4v) is 1.30. The first-order valence-corrected chi connectivity index (χ1v) is 5.81. The van der Waals surface area contributed by atoms with Gasteiger partial charge in [-0.05, 0) is 24.8 Å². The Kier molecular flexibility index (Phi) is 3.19. The van der Waals surface area contributed by atoms with Crippen molar-refractivity contribution in [3.8, 4) is 0 Å². The lowest BCUT2D eigenvalue weighted by Crippen LogP contribution is -2.16. The van der Waals surface area contributed by atoms with Gasteiger partial charge in [0.25, 0.3) is 0 Å². The molecule has 0 saturated heterocycles. The third kappa shape index (κ3) is 2.90. The molecule has 78 valence electrons. The molecular formula is C11H17IN2. The van der Waals surface area contributed by atoms with E-state index in [2.05, 4.69) is 67.2 Å². The Bertz CT molecular complexity index is 271. The summed E-state index contributed by atoms with van der Waals surface area (Å²) in [4.78, 5) is 8.80. The molecule has 0 aliphatic rings. The minimum absolute atomic E-state index is 0.00811. The van der Waals surface area contributed by atoms with Gasteiger partial charge in [0.2, 0.25) is 0 Å². The van der Waals surface area contributed by atoms with Crippen molar-refractivity contribution in [2.24, 2.45) is 0 Å². The summed E-state index contributed by atoms with van der Waals surface area (Å²) in [5.41, 5.74) is 1.32. The average molecular weight is 304 g/mol. The fourth-order valence-electron chi connectivity index (χ4n) is 1.02. The molecule has 0 aliphatic carbocycles. The molecule has 0 bridgehead atoms. The first-order valence-electron chi connectivity index (χ1n) is 4.73. The summed E-state index contributed by atoms with van der Waals surface area (Å²) in [6.07, 6.45) is 3.87. The monoisotopic (exact) mass is 304 g/mol. The highest BCUT2D eigenvalue weighted by Crippen LogP contribution is 2.28. The van der Waals surface area contributed by atoms with E-state index in [1.165, 1.54) is 5.56 Å². The molecule has 0 aromatic carbocycles. The van der Waals surface area contributed by atoms with Gasteiger partial charge in [0.15, 0.2) is 0 Å². The molecule has 1 aromatic rings. The second kappa shape index (κ2) is 3.76. The summed E-state index contributed by atoms with van der Waals surface area (Å²) in [5.74, 6) is 0.895. The zero-order chi connectivity index (χ0) is 11.0. The van der Waals surface area contributed by atoms with Crippen molar-refractivity contribution in [2.75, 3.05) is 0 Å². The van der Waals surface area contributed by atoms with Crippen molar-refractivity contribution in [1.29, 1.82) is 0 Å². The molecule has 14 heavy (non-hydrogen) atoms. The minimum atomic E-state index is 0.00811. The number of hydrogen-bond donors (Lipinski definition) is 0. The summed E-state index contributed by atoms with van der Waals surface area (Å²) >= 11 is 2.35. The summed E-state index contributed by atoms with van der Waals surface area (Å²) in [7, 11) is 0. The third-order valence-electron chi connectivity index (χ3n) is 2.05. The summed E-state index contributed by atoms with van der Waals surface area (Å²) in [5, 5.41) is 0. The predicted molar refractivity (Wildman–Crippen MR) is 67.8 cm³/mol. The van der Waals surface area contributed by atoms with Crippen LogP contribution in [0.15, 0.2) is 12.4 Å². The van der Waals surface area contributed by atoms with Gasteiger partial charge in [0.1, 0.15) is 5.82 Å². The van der Waals surface area contributed by atoms with Crippen LogP contribution >= 0.6 is 22.6 Å². The zero-order valence-corrected chi connectivity index (χ0v) is 11.6. The number of rotatable bonds is 1. The normalized spacial score (nSPS) is 13.0. The number of nitrogens with zero attached hydrogens (tertiary/aromatic N) is 2. The molecule has 1 aromatic heterocycles. The molecule has 2 nitrogen and oxygen atoms in total. The van der Waals surface area contributed by atoms with Gasteiger partial charge in [0.05, 0.1) is 3.42 Å². The lowest BCUT2D eigenvalue weighted by atomic mass is 9.89. The highest BCUT2D eigenvalue weighted by molar-refractivity contribution is 14.1. The van der Waals surface area contributed by atoms with Crippen molar-refractivity contribution >= 4 is 22.6 Å². The maximum absolute atomic E-state index is 4.40. The van der Waals surface area contributed by atoms with Gasteiger partial charge in [-0.1, -0.05) is 43.4 Å². The maximum Gasteiger partial charge on any atom is 0.143 e. The predicted octanol–water partition coefficient (Wildman–Crippen LogP) is 3.44. The molecule has 0 saturated carbocycles. The van der Waals surface area contributed by atoms with Gasteiger partial charge in [-0.25, -0.2) is 9.97 Å². The van der Waals surface area contributed by atoms with Crippen LogP contribution in [0.1, 0.15) is 46.0 Å². The van der Waals surface area contributed by atoms with Crippen LogP contribution < -0.4 is 0 Å². The Morgan fingerprint density at radius 2 is 1.43 bits per heavy atom. The van der Waals surface area contributed by atoms with Crippen LogP contribution in [0.5, 0.6) is 0 Å². The molecule has 0 radical (unpaired) electrons. The first-order chi connectivity index (χ1) is 6.21. The molecule has 0 fully saturated rings. The van der Waals surface area contributed by atoms with E-state index in [-0.39, 0.29) is 8.84 Å². The molecule has 0 N–H and O–H groups in total. The SMILES string of the molecule is CC(C)(C)c1cnc(C(C)(C)I)nc1. The van der Waals surface area contributed by atoms with Crippen LogP contribution in [0.2, 0.25) is 0 Å². The zero-order valence-electron chi connectivity index (χ0n) is 9.43. The van der Waals surface area contributed by atoms with E-state index in [9.17, 15) is 0 Å². The van der Waals surface area contributed by atoms with E-state index < -0.39 is 0 Å². The van der Waals surface area contributed by atoms with E-state index in [0.717, 1.165) is 5.82 Å². The summed E-state index contributed by atoms with van der Waals surface area (Å²) in [6.45, 7) is 10.7.